The molecule has 0 heterocycles. The summed E-state index contributed by atoms with van der Waals surface area (Å²) < 4.78 is 5.74. The van der Waals surface area contributed by atoms with Gasteiger partial charge in [0.25, 0.3) is 0 Å². The average Bonchev–Trinajstić information content (AvgIpc) is 3.34. The van der Waals surface area contributed by atoms with Crippen LogP contribution in [0.15, 0.2) is 24.3 Å². The first kappa shape index (κ1) is 16.3. The highest BCUT2D eigenvalue weighted by atomic mass is 35.5. The monoisotopic (exact) mass is 309 g/mol. The Balaban J connectivity index is 2.14. The molecule has 1 aliphatic carbocycles. The number of nitrogens with zero attached hydrogens (tertiary/aromatic N) is 1. The molecule has 0 aliphatic heterocycles. The van der Waals surface area contributed by atoms with Crippen molar-refractivity contribution in [3.63, 3.8) is 0 Å². The van der Waals surface area contributed by atoms with E-state index in [4.69, 9.17) is 16.3 Å². The summed E-state index contributed by atoms with van der Waals surface area (Å²) in [5, 5.41) is -0.501. The van der Waals surface area contributed by atoms with Gasteiger partial charge in [0, 0.05) is 5.69 Å². The van der Waals surface area contributed by atoms with E-state index >= 15 is 0 Å². The van der Waals surface area contributed by atoms with E-state index in [0.29, 0.717) is 12.3 Å². The number of anilines is 1. The Morgan fingerprint density at radius 3 is 2.71 bits per heavy atom. The van der Waals surface area contributed by atoms with Crippen LogP contribution in [-0.4, -0.2) is 24.6 Å². The average molecular weight is 310 g/mol. The predicted molar refractivity (Wildman–Crippen MR) is 86.8 cm³/mol. The molecule has 0 aromatic heterocycles. The minimum atomic E-state index is -0.501. The van der Waals surface area contributed by atoms with Crippen molar-refractivity contribution < 1.29 is 9.53 Å². The lowest BCUT2D eigenvalue weighted by atomic mass is 10.1. The van der Waals surface area contributed by atoms with Crippen LogP contribution in [0.5, 0.6) is 0 Å². The van der Waals surface area contributed by atoms with Crippen LogP contribution in [0.1, 0.15) is 38.7 Å². The largest absolute Gasteiger partial charge is 0.360 e. The number of aryl methyl sites for hydroxylation is 1. The first-order valence-corrected chi connectivity index (χ1v) is 8.22. The Hall–Kier alpha value is -1.06. The van der Waals surface area contributed by atoms with Crippen LogP contribution in [0, 0.1) is 5.92 Å². The van der Waals surface area contributed by atoms with E-state index in [-0.39, 0.29) is 12.6 Å². The summed E-state index contributed by atoms with van der Waals surface area (Å²) in [6.45, 7) is 5.03. The molecule has 0 spiro atoms. The van der Waals surface area contributed by atoms with Crippen LogP contribution >= 0.6 is 11.6 Å². The smallest absolute Gasteiger partial charge is 0.246 e. The lowest BCUT2D eigenvalue weighted by Gasteiger charge is -2.26. The molecule has 0 saturated heterocycles. The van der Waals surface area contributed by atoms with Gasteiger partial charge in [-0.1, -0.05) is 32.0 Å². The Bertz CT molecular complexity index is 474. The van der Waals surface area contributed by atoms with Crippen molar-refractivity contribution in [1.29, 1.82) is 0 Å². The fraction of sp³-hybridized carbons (Fsp3) is 0.588. The molecule has 1 aliphatic rings. The van der Waals surface area contributed by atoms with Gasteiger partial charge in [0.2, 0.25) is 5.91 Å². The number of carbonyl (C=O) groups excluding carboxylic acids is 1. The third kappa shape index (κ3) is 4.45. The second kappa shape index (κ2) is 7.81. The van der Waals surface area contributed by atoms with E-state index in [2.05, 4.69) is 6.92 Å². The van der Waals surface area contributed by atoms with E-state index in [9.17, 15) is 4.79 Å². The van der Waals surface area contributed by atoms with Crippen molar-refractivity contribution in [1.82, 2.24) is 0 Å². The maximum atomic E-state index is 12.5. The van der Waals surface area contributed by atoms with Crippen molar-refractivity contribution in [2.45, 2.75) is 44.9 Å². The van der Waals surface area contributed by atoms with Gasteiger partial charge < -0.3 is 4.74 Å². The molecule has 0 radical (unpaired) electrons. The number of alkyl halides is 1. The first-order valence-electron chi connectivity index (χ1n) is 7.78. The lowest BCUT2D eigenvalue weighted by Crippen LogP contribution is -2.39. The zero-order chi connectivity index (χ0) is 15.2. The van der Waals surface area contributed by atoms with Crippen LogP contribution in [0.2, 0.25) is 0 Å². The van der Waals surface area contributed by atoms with E-state index in [1.54, 1.807) is 4.90 Å². The van der Waals surface area contributed by atoms with Crippen molar-refractivity contribution in [2.24, 2.45) is 5.92 Å². The van der Waals surface area contributed by atoms with E-state index in [0.717, 1.165) is 24.3 Å². The molecule has 0 N–H and O–H groups in total. The summed E-state index contributed by atoms with van der Waals surface area (Å²) in [5.41, 5.74) is 2.06. The van der Waals surface area contributed by atoms with E-state index < -0.39 is 5.38 Å². The second-order valence-electron chi connectivity index (χ2n) is 5.57. The van der Waals surface area contributed by atoms with Crippen molar-refractivity contribution >= 4 is 23.2 Å². The minimum absolute atomic E-state index is 0.0733. The van der Waals surface area contributed by atoms with Gasteiger partial charge in [-0.25, -0.2) is 0 Å². The van der Waals surface area contributed by atoms with Gasteiger partial charge in [0.05, 0.1) is 6.61 Å². The molecule has 4 heteroatoms. The number of hydrogen-bond donors (Lipinski definition) is 0. The summed E-state index contributed by atoms with van der Waals surface area (Å²) in [7, 11) is 0. The van der Waals surface area contributed by atoms with Gasteiger partial charge in [0.1, 0.15) is 12.1 Å². The highest BCUT2D eigenvalue weighted by Gasteiger charge is 2.26. The Morgan fingerprint density at radius 1 is 1.38 bits per heavy atom. The quantitative estimate of drug-likeness (QED) is 0.537. The van der Waals surface area contributed by atoms with Crippen LogP contribution in [0.4, 0.5) is 5.69 Å². The number of halogens is 1. The summed E-state index contributed by atoms with van der Waals surface area (Å²) in [4.78, 5) is 14.2. The van der Waals surface area contributed by atoms with Crippen LogP contribution < -0.4 is 4.90 Å². The fourth-order valence-corrected chi connectivity index (χ4v) is 2.38. The minimum Gasteiger partial charge on any atom is -0.360 e. The fourth-order valence-electron chi connectivity index (χ4n) is 2.26. The molecular weight excluding hydrogens is 286 g/mol. The number of ether oxygens (including phenoxy) is 1. The van der Waals surface area contributed by atoms with Crippen LogP contribution in [-0.2, 0) is 16.0 Å². The van der Waals surface area contributed by atoms with Crippen LogP contribution in [0.3, 0.4) is 0 Å². The third-order valence-electron chi connectivity index (χ3n) is 3.83. The number of rotatable bonds is 8. The first-order chi connectivity index (χ1) is 10.2. The van der Waals surface area contributed by atoms with E-state index in [1.165, 1.54) is 12.8 Å². The molecule has 116 valence electrons. The second-order valence-corrected chi connectivity index (χ2v) is 6.09. The lowest BCUT2D eigenvalue weighted by molar-refractivity contribution is -0.119. The number of benzene rings is 1. The molecule has 1 aromatic carbocycles. The topological polar surface area (TPSA) is 29.5 Å². The normalized spacial score (nSPS) is 15.8. The number of amides is 1. The van der Waals surface area contributed by atoms with Gasteiger partial charge in [0.15, 0.2) is 0 Å². The standard InChI is InChI=1S/C17H24ClNO2/c1-3-14-7-5-6-8-16(14)19(17(20)15(18)4-2)12-21-11-13-9-10-13/h5-8,13,15H,3-4,9-12H2,1-2H3. The van der Waals surface area contributed by atoms with Crippen LogP contribution in [0.25, 0.3) is 0 Å². The molecule has 1 atom stereocenters. The Labute approximate surface area is 132 Å². The van der Waals surface area contributed by atoms with Gasteiger partial charge in [-0.15, -0.1) is 11.6 Å². The molecule has 1 amide bonds. The Morgan fingerprint density at radius 2 is 2.10 bits per heavy atom. The van der Waals surface area contributed by atoms with Crippen molar-refractivity contribution in [3.05, 3.63) is 29.8 Å². The van der Waals surface area contributed by atoms with Crippen molar-refractivity contribution in [3.8, 4) is 0 Å². The number of carbonyl (C=O) groups is 1. The molecule has 1 fully saturated rings. The van der Waals surface area contributed by atoms with Gasteiger partial charge in [-0.3, -0.25) is 9.69 Å². The molecule has 1 unspecified atom stereocenters. The molecule has 2 rings (SSSR count). The highest BCUT2D eigenvalue weighted by Crippen LogP contribution is 2.29. The van der Waals surface area contributed by atoms with E-state index in [1.807, 2.05) is 31.2 Å². The third-order valence-corrected chi connectivity index (χ3v) is 4.32. The van der Waals surface area contributed by atoms with Crippen molar-refractivity contribution in [2.75, 3.05) is 18.2 Å². The maximum absolute atomic E-state index is 12.5. The summed E-state index contributed by atoms with van der Waals surface area (Å²) in [6, 6.07) is 7.96. The zero-order valence-electron chi connectivity index (χ0n) is 12.8. The molecule has 1 saturated carbocycles. The molecule has 1 aromatic rings. The maximum Gasteiger partial charge on any atom is 0.246 e. The highest BCUT2D eigenvalue weighted by molar-refractivity contribution is 6.32. The number of hydrogen-bond acceptors (Lipinski definition) is 2. The predicted octanol–water partition coefficient (Wildman–Crippen LogP) is 3.98. The molecule has 21 heavy (non-hydrogen) atoms. The number of para-hydroxylation sites is 1. The summed E-state index contributed by atoms with van der Waals surface area (Å²) in [5.74, 6) is 0.609. The Kier molecular flexibility index (Phi) is 6.07. The van der Waals surface area contributed by atoms with Gasteiger partial charge in [-0.2, -0.15) is 0 Å². The summed E-state index contributed by atoms with van der Waals surface area (Å²) >= 11 is 6.16. The molecule has 3 nitrogen and oxygen atoms in total. The summed E-state index contributed by atoms with van der Waals surface area (Å²) in [6.07, 6.45) is 3.98. The molecule has 0 bridgehead atoms. The van der Waals surface area contributed by atoms with Gasteiger partial charge >= 0.3 is 0 Å². The zero-order valence-corrected chi connectivity index (χ0v) is 13.6. The van der Waals surface area contributed by atoms with Gasteiger partial charge in [-0.05, 0) is 43.2 Å². The molecular formula is C17H24ClNO2. The SMILES string of the molecule is CCc1ccccc1N(COCC1CC1)C(=O)C(Cl)CC.